The number of nitrogens with one attached hydrogen (secondary N) is 1. The third-order valence-electron chi connectivity index (χ3n) is 3.92. The molecule has 1 heterocycles. The molecule has 0 amide bonds. The second-order valence-corrected chi connectivity index (χ2v) is 5.93. The number of methoxy groups -OCH3 is 1. The summed E-state index contributed by atoms with van der Waals surface area (Å²) in [5.41, 5.74) is 1.79. The Kier molecular flexibility index (Phi) is 7.52. The van der Waals surface area contributed by atoms with Gasteiger partial charge in [0.05, 0.1) is 6.61 Å². The average molecular weight is 299 g/mol. The summed E-state index contributed by atoms with van der Waals surface area (Å²) in [5.74, 6) is 0. The molecule has 0 bridgehead atoms. The first-order valence-corrected chi connectivity index (χ1v) is 7.18. The molecule has 1 unspecified atom stereocenters. The Bertz CT molecular complexity index is 366. The third-order valence-corrected chi connectivity index (χ3v) is 3.92. The highest BCUT2D eigenvalue weighted by molar-refractivity contribution is 5.85. The molecule has 0 aliphatic carbocycles. The fourth-order valence-corrected chi connectivity index (χ4v) is 2.82. The van der Waals surface area contributed by atoms with E-state index in [-0.39, 0.29) is 12.4 Å². The molecule has 1 atom stereocenters. The summed E-state index contributed by atoms with van der Waals surface area (Å²) < 4.78 is 5.25. The van der Waals surface area contributed by atoms with E-state index in [1.165, 1.54) is 12.0 Å². The lowest BCUT2D eigenvalue weighted by Gasteiger charge is -2.32. The highest BCUT2D eigenvalue weighted by Crippen LogP contribution is 2.26. The summed E-state index contributed by atoms with van der Waals surface area (Å²) in [4.78, 5) is 2.52. The van der Waals surface area contributed by atoms with E-state index >= 15 is 0 Å². The number of hydrogen-bond donors (Lipinski definition) is 1. The van der Waals surface area contributed by atoms with Crippen molar-refractivity contribution in [3.05, 3.63) is 35.9 Å². The molecule has 1 fully saturated rings. The maximum absolute atomic E-state index is 5.25. The monoisotopic (exact) mass is 298 g/mol. The van der Waals surface area contributed by atoms with Crippen molar-refractivity contribution in [3.8, 4) is 0 Å². The van der Waals surface area contributed by atoms with E-state index in [0.29, 0.717) is 5.41 Å². The Morgan fingerprint density at radius 2 is 2.05 bits per heavy atom. The molecule has 114 valence electrons. The minimum Gasteiger partial charge on any atom is -0.383 e. The Hall–Kier alpha value is -0.610. The van der Waals surface area contributed by atoms with Crippen molar-refractivity contribution in [2.45, 2.75) is 19.9 Å². The maximum atomic E-state index is 5.25. The van der Waals surface area contributed by atoms with E-state index in [9.17, 15) is 0 Å². The molecular formula is C16H27ClN2O. The first-order valence-electron chi connectivity index (χ1n) is 7.18. The lowest BCUT2D eigenvalue weighted by atomic mass is 9.89. The minimum absolute atomic E-state index is 0. The van der Waals surface area contributed by atoms with Gasteiger partial charge in [-0.2, -0.15) is 0 Å². The number of benzene rings is 1. The van der Waals surface area contributed by atoms with Crippen LogP contribution in [0.5, 0.6) is 0 Å². The first-order chi connectivity index (χ1) is 9.22. The summed E-state index contributed by atoms with van der Waals surface area (Å²) >= 11 is 0. The van der Waals surface area contributed by atoms with Crippen LogP contribution in [0.4, 0.5) is 0 Å². The van der Waals surface area contributed by atoms with E-state index in [2.05, 4.69) is 47.5 Å². The zero-order valence-corrected chi connectivity index (χ0v) is 13.4. The molecule has 1 aromatic rings. The van der Waals surface area contributed by atoms with Crippen LogP contribution in [0.25, 0.3) is 0 Å². The van der Waals surface area contributed by atoms with Crippen molar-refractivity contribution < 1.29 is 4.74 Å². The molecule has 0 spiro atoms. The maximum Gasteiger partial charge on any atom is 0.0589 e. The average Bonchev–Trinajstić information content (AvgIpc) is 2.84. The number of halogens is 1. The van der Waals surface area contributed by atoms with Gasteiger partial charge in [0.2, 0.25) is 0 Å². The second kappa shape index (κ2) is 8.63. The molecule has 1 N–H and O–H groups in total. The molecule has 3 nitrogen and oxygen atoms in total. The SMILES string of the molecule is COCCN(Cc1ccccc1)CC1(C)CCNC1.Cl. The molecule has 4 heteroatoms. The molecule has 1 aromatic carbocycles. The van der Waals surface area contributed by atoms with Gasteiger partial charge in [0.25, 0.3) is 0 Å². The van der Waals surface area contributed by atoms with Crippen LogP contribution in [0.1, 0.15) is 18.9 Å². The number of rotatable bonds is 7. The molecule has 0 radical (unpaired) electrons. The van der Waals surface area contributed by atoms with Crippen molar-refractivity contribution in [3.63, 3.8) is 0 Å². The number of nitrogens with zero attached hydrogens (tertiary/aromatic N) is 1. The summed E-state index contributed by atoms with van der Waals surface area (Å²) in [7, 11) is 1.78. The van der Waals surface area contributed by atoms with Crippen molar-refractivity contribution in [1.82, 2.24) is 10.2 Å². The Morgan fingerprint density at radius 1 is 1.30 bits per heavy atom. The molecule has 2 rings (SSSR count). The number of hydrogen-bond acceptors (Lipinski definition) is 3. The van der Waals surface area contributed by atoms with Gasteiger partial charge in [-0.05, 0) is 23.9 Å². The van der Waals surface area contributed by atoms with Crippen LogP contribution in [0, 0.1) is 5.41 Å². The second-order valence-electron chi connectivity index (χ2n) is 5.93. The van der Waals surface area contributed by atoms with Crippen molar-refractivity contribution in [2.24, 2.45) is 5.41 Å². The van der Waals surface area contributed by atoms with Crippen LogP contribution in [-0.2, 0) is 11.3 Å². The van der Waals surface area contributed by atoms with Crippen LogP contribution in [0.2, 0.25) is 0 Å². The molecular weight excluding hydrogens is 272 g/mol. The summed E-state index contributed by atoms with van der Waals surface area (Å²) in [5, 5.41) is 3.48. The van der Waals surface area contributed by atoms with Crippen molar-refractivity contribution in [1.29, 1.82) is 0 Å². The van der Waals surface area contributed by atoms with Crippen molar-refractivity contribution in [2.75, 3.05) is 39.9 Å². The van der Waals surface area contributed by atoms with Crippen LogP contribution in [0.15, 0.2) is 30.3 Å². The summed E-state index contributed by atoms with van der Waals surface area (Å²) in [6, 6.07) is 10.7. The molecule has 1 aliphatic rings. The Balaban J connectivity index is 0.00000200. The summed E-state index contributed by atoms with van der Waals surface area (Å²) in [6.07, 6.45) is 1.27. The molecule has 20 heavy (non-hydrogen) atoms. The van der Waals surface area contributed by atoms with Crippen molar-refractivity contribution >= 4 is 12.4 Å². The largest absolute Gasteiger partial charge is 0.383 e. The van der Waals surface area contributed by atoms with Gasteiger partial charge in [0.15, 0.2) is 0 Å². The smallest absolute Gasteiger partial charge is 0.0589 e. The third kappa shape index (κ3) is 5.41. The van der Waals surface area contributed by atoms with Gasteiger partial charge in [-0.25, -0.2) is 0 Å². The molecule has 0 aromatic heterocycles. The van der Waals surface area contributed by atoms with Gasteiger partial charge < -0.3 is 10.1 Å². The predicted molar refractivity (Wildman–Crippen MR) is 86.4 cm³/mol. The Labute approximate surface area is 129 Å². The molecule has 0 saturated carbocycles. The molecule has 1 saturated heterocycles. The topological polar surface area (TPSA) is 24.5 Å². The highest BCUT2D eigenvalue weighted by Gasteiger charge is 2.30. The predicted octanol–water partition coefficient (Wildman–Crippen LogP) is 2.56. The van der Waals surface area contributed by atoms with Gasteiger partial charge in [0, 0.05) is 33.3 Å². The zero-order valence-electron chi connectivity index (χ0n) is 12.6. The van der Waals surface area contributed by atoms with Gasteiger partial charge in [-0.1, -0.05) is 37.3 Å². The van der Waals surface area contributed by atoms with Crippen LogP contribution in [-0.4, -0.2) is 44.8 Å². The van der Waals surface area contributed by atoms with Crippen LogP contribution >= 0.6 is 12.4 Å². The van der Waals surface area contributed by atoms with Gasteiger partial charge in [0.1, 0.15) is 0 Å². The lowest BCUT2D eigenvalue weighted by Crippen LogP contribution is -2.38. The van der Waals surface area contributed by atoms with E-state index in [4.69, 9.17) is 4.74 Å². The fraction of sp³-hybridized carbons (Fsp3) is 0.625. The summed E-state index contributed by atoms with van der Waals surface area (Å²) in [6.45, 7) is 8.62. The first kappa shape index (κ1) is 17.4. The standard InChI is InChI=1S/C16H26N2O.ClH/c1-16(8-9-17-13-16)14-18(10-11-19-2)12-15-6-4-3-5-7-15;/h3-7,17H,8-14H2,1-2H3;1H. The number of ether oxygens (including phenoxy) is 1. The quantitative estimate of drug-likeness (QED) is 0.837. The minimum atomic E-state index is 0. The normalized spacial score (nSPS) is 21.9. The van der Waals surface area contributed by atoms with Gasteiger partial charge in [-0.15, -0.1) is 12.4 Å². The van der Waals surface area contributed by atoms with Gasteiger partial charge in [-0.3, -0.25) is 4.90 Å². The van der Waals surface area contributed by atoms with E-state index in [1.807, 2.05) is 0 Å². The zero-order chi connectivity index (χ0) is 13.6. The van der Waals surface area contributed by atoms with E-state index in [0.717, 1.165) is 39.3 Å². The van der Waals surface area contributed by atoms with E-state index < -0.39 is 0 Å². The molecule has 1 aliphatic heterocycles. The van der Waals surface area contributed by atoms with Crippen LogP contribution in [0.3, 0.4) is 0 Å². The fourth-order valence-electron chi connectivity index (χ4n) is 2.82. The van der Waals surface area contributed by atoms with Gasteiger partial charge >= 0.3 is 0 Å². The highest BCUT2D eigenvalue weighted by atomic mass is 35.5. The Morgan fingerprint density at radius 3 is 2.65 bits per heavy atom. The van der Waals surface area contributed by atoms with Crippen LogP contribution < -0.4 is 5.32 Å². The lowest BCUT2D eigenvalue weighted by molar-refractivity contribution is 0.113. The van der Waals surface area contributed by atoms with E-state index in [1.54, 1.807) is 7.11 Å².